The van der Waals surface area contributed by atoms with Gasteiger partial charge in [-0.25, -0.2) is 4.39 Å². The minimum absolute atomic E-state index is 0.234. The summed E-state index contributed by atoms with van der Waals surface area (Å²) in [5.41, 5.74) is 1.72. The Hall–Kier alpha value is -0.690. The maximum absolute atomic E-state index is 12.9. The van der Waals surface area contributed by atoms with E-state index in [1.54, 1.807) is 18.5 Å². The van der Waals surface area contributed by atoms with Crippen LogP contribution in [0.4, 0.5) is 15.8 Å². The number of rotatable bonds is 2. The maximum atomic E-state index is 12.9. The summed E-state index contributed by atoms with van der Waals surface area (Å²) in [4.78, 5) is 4.04. The van der Waals surface area contributed by atoms with Gasteiger partial charge < -0.3 is 5.32 Å². The summed E-state index contributed by atoms with van der Waals surface area (Å²) in [6.45, 7) is 0. The average molecular weight is 393 g/mol. The lowest BCUT2D eigenvalue weighted by molar-refractivity contribution is 0.627. The second-order valence-corrected chi connectivity index (χ2v) is 5.22. The number of hydrogen-bond donors (Lipinski definition) is 1. The van der Waals surface area contributed by atoms with Gasteiger partial charge >= 0.3 is 0 Å². The summed E-state index contributed by atoms with van der Waals surface area (Å²) in [7, 11) is 0. The second-order valence-electron chi connectivity index (χ2n) is 3.14. The van der Waals surface area contributed by atoms with Gasteiger partial charge in [0.05, 0.1) is 17.6 Å². The highest BCUT2D eigenvalue weighted by atomic mass is 127. The highest BCUT2D eigenvalue weighted by Crippen LogP contribution is 2.24. The fourth-order valence-corrected chi connectivity index (χ4v) is 2.20. The van der Waals surface area contributed by atoms with Crippen molar-refractivity contribution in [3.63, 3.8) is 0 Å². The van der Waals surface area contributed by atoms with Crippen LogP contribution >= 0.6 is 38.5 Å². The summed E-state index contributed by atoms with van der Waals surface area (Å²) in [6.07, 6.45) is 3.42. The van der Waals surface area contributed by atoms with E-state index >= 15 is 0 Å². The Bertz CT molecular complexity index is 519. The first-order valence-corrected chi connectivity index (χ1v) is 6.35. The first kappa shape index (κ1) is 11.8. The molecule has 1 N–H and O–H groups in total. The lowest BCUT2D eigenvalue weighted by atomic mass is 10.3. The molecule has 1 heterocycles. The van der Waals surface area contributed by atoms with Crippen LogP contribution in [0.15, 0.2) is 41.1 Å². The summed E-state index contributed by atoms with van der Waals surface area (Å²) in [5.74, 6) is -0.234. The molecule has 0 spiro atoms. The van der Waals surface area contributed by atoms with Crippen LogP contribution in [0.5, 0.6) is 0 Å². The molecular formula is C11H7BrFIN2. The molecule has 0 amide bonds. The summed E-state index contributed by atoms with van der Waals surface area (Å²) >= 11 is 5.43. The van der Waals surface area contributed by atoms with Crippen molar-refractivity contribution in [3.8, 4) is 0 Å². The van der Waals surface area contributed by atoms with Crippen molar-refractivity contribution in [3.05, 3.63) is 50.5 Å². The molecule has 2 nitrogen and oxygen atoms in total. The third-order valence-corrected chi connectivity index (χ3v) is 3.24. The summed E-state index contributed by atoms with van der Waals surface area (Å²) in [6, 6.07) is 6.52. The third-order valence-electron chi connectivity index (χ3n) is 1.92. The van der Waals surface area contributed by atoms with Crippen molar-refractivity contribution in [1.29, 1.82) is 0 Å². The molecule has 0 radical (unpaired) electrons. The quantitative estimate of drug-likeness (QED) is 0.769. The Morgan fingerprint density at radius 2 is 2.06 bits per heavy atom. The normalized spacial score (nSPS) is 10.2. The molecule has 0 aliphatic heterocycles. The molecule has 0 unspecified atom stereocenters. The van der Waals surface area contributed by atoms with Crippen LogP contribution in [-0.2, 0) is 0 Å². The predicted molar refractivity (Wildman–Crippen MR) is 74.3 cm³/mol. The lowest BCUT2D eigenvalue weighted by Crippen LogP contribution is -1.94. The molecule has 2 rings (SSSR count). The maximum Gasteiger partial charge on any atom is 0.124 e. The van der Waals surface area contributed by atoms with Crippen molar-refractivity contribution >= 4 is 49.9 Å². The summed E-state index contributed by atoms with van der Waals surface area (Å²) < 4.78 is 14.6. The van der Waals surface area contributed by atoms with E-state index in [1.807, 2.05) is 6.07 Å². The number of hydrogen-bond acceptors (Lipinski definition) is 2. The Morgan fingerprint density at radius 3 is 2.75 bits per heavy atom. The molecule has 0 fully saturated rings. The predicted octanol–water partition coefficient (Wildman–Crippen LogP) is 4.33. The zero-order chi connectivity index (χ0) is 11.5. The fraction of sp³-hybridized carbons (Fsp3) is 0. The Labute approximate surface area is 115 Å². The molecule has 0 aliphatic rings. The number of aromatic nitrogens is 1. The molecule has 0 bridgehead atoms. The Morgan fingerprint density at radius 1 is 1.25 bits per heavy atom. The van der Waals surface area contributed by atoms with Gasteiger partial charge in [0, 0.05) is 14.2 Å². The van der Waals surface area contributed by atoms with E-state index in [0.717, 1.165) is 19.4 Å². The van der Waals surface area contributed by atoms with Gasteiger partial charge in [-0.15, -0.1) is 0 Å². The van der Waals surface area contributed by atoms with E-state index in [-0.39, 0.29) is 5.82 Å². The highest BCUT2D eigenvalue weighted by molar-refractivity contribution is 14.1. The monoisotopic (exact) mass is 392 g/mol. The second kappa shape index (κ2) is 5.09. The van der Waals surface area contributed by atoms with Crippen LogP contribution in [-0.4, -0.2) is 4.98 Å². The largest absolute Gasteiger partial charge is 0.353 e. The van der Waals surface area contributed by atoms with Gasteiger partial charge in [0.15, 0.2) is 0 Å². The average Bonchev–Trinajstić information content (AvgIpc) is 2.22. The minimum Gasteiger partial charge on any atom is -0.353 e. The van der Waals surface area contributed by atoms with Crippen molar-refractivity contribution in [2.75, 3.05) is 5.32 Å². The van der Waals surface area contributed by atoms with Crippen LogP contribution in [0, 0.1) is 9.39 Å². The number of benzene rings is 1. The van der Waals surface area contributed by atoms with Crippen LogP contribution in [0.25, 0.3) is 0 Å². The minimum atomic E-state index is -0.234. The lowest BCUT2D eigenvalue weighted by Gasteiger charge is -2.08. The molecule has 0 aliphatic carbocycles. The number of pyridine rings is 1. The molecule has 1 aromatic carbocycles. The molecule has 0 saturated carbocycles. The first-order chi connectivity index (χ1) is 7.65. The molecular weight excluding hydrogens is 386 g/mol. The van der Waals surface area contributed by atoms with E-state index in [2.05, 4.69) is 48.8 Å². The Kier molecular flexibility index (Phi) is 3.75. The van der Waals surface area contributed by atoms with Gasteiger partial charge in [-0.3, -0.25) is 4.98 Å². The zero-order valence-corrected chi connectivity index (χ0v) is 11.8. The smallest absolute Gasteiger partial charge is 0.124 e. The van der Waals surface area contributed by atoms with E-state index in [0.29, 0.717) is 0 Å². The van der Waals surface area contributed by atoms with Gasteiger partial charge in [-0.1, -0.05) is 0 Å². The highest BCUT2D eigenvalue weighted by Gasteiger charge is 2.02. The fourth-order valence-electron chi connectivity index (χ4n) is 1.23. The third kappa shape index (κ3) is 2.91. The molecule has 82 valence electrons. The molecule has 16 heavy (non-hydrogen) atoms. The Balaban J connectivity index is 2.27. The molecule has 2 aromatic rings. The van der Waals surface area contributed by atoms with Crippen molar-refractivity contribution in [2.45, 2.75) is 0 Å². The van der Waals surface area contributed by atoms with E-state index in [4.69, 9.17) is 0 Å². The molecule has 0 atom stereocenters. The topological polar surface area (TPSA) is 24.9 Å². The van der Waals surface area contributed by atoms with Crippen molar-refractivity contribution in [1.82, 2.24) is 4.98 Å². The van der Waals surface area contributed by atoms with Gasteiger partial charge in [0.2, 0.25) is 0 Å². The number of halogens is 3. The van der Waals surface area contributed by atoms with Crippen LogP contribution in [0.3, 0.4) is 0 Å². The molecule has 1 aromatic heterocycles. The van der Waals surface area contributed by atoms with Crippen LogP contribution < -0.4 is 5.32 Å². The van der Waals surface area contributed by atoms with Gasteiger partial charge in [-0.05, 0) is 62.8 Å². The summed E-state index contributed by atoms with van der Waals surface area (Å²) in [5, 5.41) is 3.17. The van der Waals surface area contributed by atoms with E-state index in [1.165, 1.54) is 12.1 Å². The van der Waals surface area contributed by atoms with Crippen molar-refractivity contribution < 1.29 is 4.39 Å². The van der Waals surface area contributed by atoms with E-state index in [9.17, 15) is 4.39 Å². The SMILES string of the molecule is Fc1ccc(Nc2cncc(Br)c2)c(I)c1. The van der Waals surface area contributed by atoms with Crippen LogP contribution in [0.2, 0.25) is 0 Å². The molecule has 5 heteroatoms. The van der Waals surface area contributed by atoms with Gasteiger partial charge in [0.1, 0.15) is 5.82 Å². The first-order valence-electron chi connectivity index (χ1n) is 4.48. The molecule has 0 saturated heterocycles. The number of anilines is 2. The van der Waals surface area contributed by atoms with Crippen molar-refractivity contribution in [2.24, 2.45) is 0 Å². The standard InChI is InChI=1S/C11H7BrFIN2/c12-7-3-9(6-15-5-7)16-11-2-1-8(13)4-10(11)14/h1-6,16H. The van der Waals surface area contributed by atoms with Gasteiger partial charge in [0.25, 0.3) is 0 Å². The van der Waals surface area contributed by atoms with Gasteiger partial charge in [-0.2, -0.15) is 0 Å². The number of nitrogens with zero attached hydrogens (tertiary/aromatic N) is 1. The zero-order valence-electron chi connectivity index (χ0n) is 8.05. The van der Waals surface area contributed by atoms with E-state index < -0.39 is 0 Å². The number of nitrogens with one attached hydrogen (secondary N) is 1. The van der Waals surface area contributed by atoms with Crippen LogP contribution in [0.1, 0.15) is 0 Å².